The second-order valence-corrected chi connectivity index (χ2v) is 7.66. The Balaban J connectivity index is 1.82. The molecule has 0 aliphatic rings. The third-order valence-electron chi connectivity index (χ3n) is 3.30. The number of hydrogen-bond acceptors (Lipinski definition) is 4. The molecule has 1 aromatic carbocycles. The van der Waals surface area contributed by atoms with E-state index in [4.69, 9.17) is 0 Å². The van der Waals surface area contributed by atoms with Crippen molar-refractivity contribution in [1.82, 2.24) is 14.8 Å². The lowest BCUT2D eigenvalue weighted by atomic mass is 10.3. The summed E-state index contributed by atoms with van der Waals surface area (Å²) in [7, 11) is 0. The Morgan fingerprint density at radius 3 is 2.81 bits per heavy atom. The van der Waals surface area contributed by atoms with E-state index in [-0.39, 0.29) is 0 Å². The van der Waals surface area contributed by atoms with Crippen molar-refractivity contribution in [3.8, 4) is 0 Å². The molecule has 0 aliphatic carbocycles. The number of nitrogens with zero attached hydrogens (tertiary/aromatic N) is 3. The molecule has 2 aromatic heterocycles. The largest absolute Gasteiger partial charge is 0.268 e. The van der Waals surface area contributed by atoms with Crippen LogP contribution in [-0.4, -0.2) is 14.8 Å². The number of fused-ring (bicyclic) bond motifs is 1. The normalized spacial score (nSPS) is 11.4. The van der Waals surface area contributed by atoms with Gasteiger partial charge in [-0.25, -0.2) is 4.98 Å². The second-order valence-electron chi connectivity index (χ2n) is 4.61. The fourth-order valence-corrected chi connectivity index (χ4v) is 5.18. The van der Waals surface area contributed by atoms with Crippen LogP contribution in [0.15, 0.2) is 33.1 Å². The van der Waals surface area contributed by atoms with Gasteiger partial charge in [0.05, 0.1) is 26.1 Å². The van der Waals surface area contributed by atoms with Crippen molar-refractivity contribution in [2.24, 2.45) is 0 Å². The standard InChI is InChI=1S/C15H16BrN3S2/c1-3-10-14(16)12(19(4-2)18-10)9-20-15-17-11-7-5-6-8-13(11)21-15/h5-8H,3-4,9H2,1-2H3. The van der Waals surface area contributed by atoms with Crippen LogP contribution in [0, 0.1) is 0 Å². The smallest absolute Gasteiger partial charge is 0.151 e. The number of hydrogen-bond donors (Lipinski definition) is 0. The molecule has 0 bridgehead atoms. The molecule has 0 unspecified atom stereocenters. The maximum atomic E-state index is 4.68. The van der Waals surface area contributed by atoms with E-state index in [1.807, 2.05) is 6.07 Å². The molecule has 3 aromatic rings. The van der Waals surface area contributed by atoms with Crippen molar-refractivity contribution in [1.29, 1.82) is 0 Å². The summed E-state index contributed by atoms with van der Waals surface area (Å²) in [5.74, 6) is 0.890. The number of aryl methyl sites for hydroxylation is 2. The minimum atomic E-state index is 0.890. The van der Waals surface area contributed by atoms with Crippen LogP contribution in [0.5, 0.6) is 0 Å². The zero-order valence-electron chi connectivity index (χ0n) is 12.0. The summed E-state index contributed by atoms with van der Waals surface area (Å²) in [6.45, 7) is 5.16. The van der Waals surface area contributed by atoms with Crippen molar-refractivity contribution in [2.45, 2.75) is 36.9 Å². The Morgan fingerprint density at radius 1 is 1.29 bits per heavy atom. The molecule has 21 heavy (non-hydrogen) atoms. The van der Waals surface area contributed by atoms with Gasteiger partial charge in [0, 0.05) is 12.3 Å². The highest BCUT2D eigenvalue weighted by Crippen LogP contribution is 2.33. The number of thiazole rings is 1. The van der Waals surface area contributed by atoms with Crippen molar-refractivity contribution in [3.63, 3.8) is 0 Å². The Bertz CT molecular complexity index is 730. The first-order chi connectivity index (χ1) is 10.2. The summed E-state index contributed by atoms with van der Waals surface area (Å²) in [6, 6.07) is 8.29. The average Bonchev–Trinajstić information content (AvgIpc) is 3.05. The van der Waals surface area contributed by atoms with E-state index in [9.17, 15) is 0 Å². The zero-order valence-corrected chi connectivity index (χ0v) is 15.2. The van der Waals surface area contributed by atoms with Gasteiger partial charge >= 0.3 is 0 Å². The van der Waals surface area contributed by atoms with Gasteiger partial charge in [-0.2, -0.15) is 5.10 Å². The Kier molecular flexibility index (Phi) is 4.66. The highest BCUT2D eigenvalue weighted by molar-refractivity contribution is 9.10. The molecule has 3 nitrogen and oxygen atoms in total. The van der Waals surface area contributed by atoms with E-state index >= 15 is 0 Å². The summed E-state index contributed by atoms with van der Waals surface area (Å²) in [4.78, 5) is 4.68. The van der Waals surface area contributed by atoms with Crippen LogP contribution in [-0.2, 0) is 18.7 Å². The van der Waals surface area contributed by atoms with Crippen molar-refractivity contribution in [3.05, 3.63) is 40.1 Å². The van der Waals surface area contributed by atoms with Gasteiger partial charge in [0.1, 0.15) is 0 Å². The van der Waals surface area contributed by atoms with Crippen LogP contribution in [0.2, 0.25) is 0 Å². The first-order valence-electron chi connectivity index (χ1n) is 6.95. The number of thioether (sulfide) groups is 1. The van der Waals surface area contributed by atoms with E-state index in [0.29, 0.717) is 0 Å². The van der Waals surface area contributed by atoms with Crippen LogP contribution in [0.4, 0.5) is 0 Å². The molecule has 0 N–H and O–H groups in total. The van der Waals surface area contributed by atoms with Gasteiger partial charge in [-0.15, -0.1) is 11.3 Å². The maximum absolute atomic E-state index is 4.68. The lowest BCUT2D eigenvalue weighted by Gasteiger charge is -2.03. The van der Waals surface area contributed by atoms with Crippen molar-refractivity contribution >= 4 is 49.2 Å². The molecule has 6 heteroatoms. The van der Waals surface area contributed by atoms with Crippen LogP contribution >= 0.6 is 39.0 Å². The summed E-state index contributed by atoms with van der Waals surface area (Å²) in [5, 5.41) is 4.64. The summed E-state index contributed by atoms with van der Waals surface area (Å²) >= 11 is 7.24. The molecule has 0 aliphatic heterocycles. The van der Waals surface area contributed by atoms with Crippen molar-refractivity contribution in [2.75, 3.05) is 0 Å². The number of benzene rings is 1. The maximum Gasteiger partial charge on any atom is 0.151 e. The summed E-state index contributed by atoms with van der Waals surface area (Å²) in [6.07, 6.45) is 0.951. The molecule has 2 heterocycles. The molecule has 0 fully saturated rings. The van der Waals surface area contributed by atoms with Crippen LogP contribution in [0.1, 0.15) is 25.2 Å². The Morgan fingerprint density at radius 2 is 2.10 bits per heavy atom. The van der Waals surface area contributed by atoms with Crippen LogP contribution in [0.25, 0.3) is 10.2 Å². The predicted octanol–water partition coefficient (Wildman–Crippen LogP) is 5.13. The molecule has 0 atom stereocenters. The molecule has 0 saturated heterocycles. The van der Waals surface area contributed by atoms with Gasteiger partial charge in [0.2, 0.25) is 0 Å². The van der Waals surface area contributed by atoms with Crippen LogP contribution in [0.3, 0.4) is 0 Å². The van der Waals surface area contributed by atoms with E-state index in [1.54, 1.807) is 23.1 Å². The predicted molar refractivity (Wildman–Crippen MR) is 94.2 cm³/mol. The van der Waals surface area contributed by atoms with Gasteiger partial charge in [0.25, 0.3) is 0 Å². The second kappa shape index (κ2) is 6.50. The number of rotatable bonds is 5. The summed E-state index contributed by atoms with van der Waals surface area (Å²) in [5.41, 5.74) is 3.47. The third kappa shape index (κ3) is 3.03. The highest BCUT2D eigenvalue weighted by atomic mass is 79.9. The van der Waals surface area contributed by atoms with E-state index in [1.165, 1.54) is 10.4 Å². The SMILES string of the molecule is CCc1nn(CC)c(CSc2nc3ccccc3s2)c1Br. The first kappa shape index (κ1) is 15.1. The minimum Gasteiger partial charge on any atom is -0.268 e. The number of aromatic nitrogens is 3. The lowest BCUT2D eigenvalue weighted by Crippen LogP contribution is -2.01. The zero-order chi connectivity index (χ0) is 14.8. The van der Waals surface area contributed by atoms with Crippen molar-refractivity contribution < 1.29 is 0 Å². The lowest BCUT2D eigenvalue weighted by molar-refractivity contribution is 0.627. The van der Waals surface area contributed by atoms with Gasteiger partial charge < -0.3 is 0 Å². The molecular weight excluding hydrogens is 366 g/mol. The Labute approximate surface area is 140 Å². The molecule has 0 spiro atoms. The molecular formula is C15H16BrN3S2. The molecule has 0 saturated carbocycles. The van der Waals surface area contributed by atoms with Gasteiger partial charge in [-0.05, 0) is 41.4 Å². The van der Waals surface area contributed by atoms with Gasteiger partial charge in [0.15, 0.2) is 4.34 Å². The monoisotopic (exact) mass is 381 g/mol. The van der Waals surface area contributed by atoms with Gasteiger partial charge in [-0.1, -0.05) is 30.8 Å². The minimum absolute atomic E-state index is 0.890. The molecule has 110 valence electrons. The fraction of sp³-hybridized carbons (Fsp3) is 0.333. The molecule has 0 amide bonds. The average molecular weight is 382 g/mol. The van der Waals surface area contributed by atoms with E-state index < -0.39 is 0 Å². The topological polar surface area (TPSA) is 30.7 Å². The van der Waals surface area contributed by atoms with E-state index in [2.05, 4.69) is 62.7 Å². The number of para-hydroxylation sites is 1. The molecule has 0 radical (unpaired) electrons. The first-order valence-corrected chi connectivity index (χ1v) is 9.54. The third-order valence-corrected chi connectivity index (χ3v) is 6.41. The number of halogens is 1. The van der Waals surface area contributed by atoms with Crippen LogP contribution < -0.4 is 0 Å². The van der Waals surface area contributed by atoms with Gasteiger partial charge in [-0.3, -0.25) is 4.68 Å². The quantitative estimate of drug-likeness (QED) is 0.573. The van der Waals surface area contributed by atoms with E-state index in [0.717, 1.165) is 38.7 Å². The Hall–Kier alpha value is -0.850. The molecule has 3 rings (SSSR count). The fourth-order valence-electron chi connectivity index (χ4n) is 2.20. The highest BCUT2D eigenvalue weighted by Gasteiger charge is 2.15. The summed E-state index contributed by atoms with van der Waals surface area (Å²) < 4.78 is 5.60.